The maximum Gasteiger partial charge on any atom is 0.188 e. The van der Waals surface area contributed by atoms with Gasteiger partial charge in [0.25, 0.3) is 0 Å². The van der Waals surface area contributed by atoms with Crippen LogP contribution in [0, 0.1) is 0 Å². The van der Waals surface area contributed by atoms with Crippen molar-refractivity contribution in [1.29, 1.82) is 0 Å². The molecule has 0 saturated carbocycles. The van der Waals surface area contributed by atoms with Crippen molar-refractivity contribution in [2.75, 3.05) is 20.3 Å². The summed E-state index contributed by atoms with van der Waals surface area (Å²) in [6.07, 6.45) is 3.66. The topological polar surface area (TPSA) is 77.5 Å². The van der Waals surface area contributed by atoms with Crippen LogP contribution in [0.2, 0.25) is 0 Å². The molecule has 2 rings (SSSR count). The van der Waals surface area contributed by atoms with E-state index in [1.165, 1.54) is 0 Å². The Labute approximate surface area is 141 Å². The smallest absolute Gasteiger partial charge is 0.188 e. The molecule has 0 spiro atoms. The Kier molecular flexibility index (Phi) is 7.76. The zero-order valence-electron chi connectivity index (χ0n) is 11.9. The van der Waals surface area contributed by atoms with E-state index in [-0.39, 0.29) is 24.0 Å². The number of hydrogen-bond acceptors (Lipinski definition) is 3. The zero-order chi connectivity index (χ0) is 14.2. The van der Waals surface area contributed by atoms with Gasteiger partial charge in [-0.05, 0) is 23.8 Å². The minimum absolute atomic E-state index is 0. The largest absolute Gasteiger partial charge is 0.383 e. The normalized spacial score (nSPS) is 11.0. The van der Waals surface area contributed by atoms with E-state index in [1.807, 2.05) is 41.2 Å². The summed E-state index contributed by atoms with van der Waals surface area (Å²) >= 11 is 0. The fraction of sp³-hybridized carbons (Fsp3) is 0.286. The minimum Gasteiger partial charge on any atom is -0.383 e. The van der Waals surface area contributed by atoms with Gasteiger partial charge in [0, 0.05) is 26.0 Å². The summed E-state index contributed by atoms with van der Waals surface area (Å²) in [7, 11) is 1.65. The highest BCUT2D eigenvalue weighted by molar-refractivity contribution is 14.0. The summed E-state index contributed by atoms with van der Waals surface area (Å²) in [6.45, 7) is 1.81. The lowest BCUT2D eigenvalue weighted by atomic mass is 10.2. The van der Waals surface area contributed by atoms with Crippen molar-refractivity contribution in [2.24, 2.45) is 10.7 Å². The highest BCUT2D eigenvalue weighted by Crippen LogP contribution is 2.09. The quantitative estimate of drug-likeness (QED) is 0.333. The van der Waals surface area contributed by atoms with Gasteiger partial charge in [0.15, 0.2) is 5.96 Å². The Balaban J connectivity index is 0.00000220. The number of nitrogens with zero attached hydrogens (tertiary/aromatic N) is 3. The highest BCUT2D eigenvalue weighted by Gasteiger charge is 1.97. The molecule has 114 valence electrons. The van der Waals surface area contributed by atoms with Crippen LogP contribution >= 0.6 is 24.0 Å². The van der Waals surface area contributed by atoms with E-state index in [2.05, 4.69) is 15.4 Å². The molecule has 1 aromatic carbocycles. The molecular weight excluding hydrogens is 381 g/mol. The third kappa shape index (κ3) is 5.72. The maximum atomic E-state index is 5.74. The van der Waals surface area contributed by atoms with Crippen molar-refractivity contribution < 1.29 is 4.74 Å². The van der Waals surface area contributed by atoms with Crippen LogP contribution < -0.4 is 11.1 Å². The average molecular weight is 401 g/mol. The molecule has 1 aromatic heterocycles. The van der Waals surface area contributed by atoms with Gasteiger partial charge >= 0.3 is 0 Å². The van der Waals surface area contributed by atoms with E-state index < -0.39 is 0 Å². The van der Waals surface area contributed by atoms with Crippen LogP contribution in [-0.4, -0.2) is 36.0 Å². The van der Waals surface area contributed by atoms with E-state index in [1.54, 1.807) is 13.3 Å². The molecule has 0 fully saturated rings. The molecule has 0 atom stereocenters. The van der Waals surface area contributed by atoms with Crippen molar-refractivity contribution in [2.45, 2.75) is 6.54 Å². The lowest BCUT2D eigenvalue weighted by Crippen LogP contribution is -2.34. The van der Waals surface area contributed by atoms with Gasteiger partial charge in [-0.1, -0.05) is 12.1 Å². The predicted octanol–water partition coefficient (Wildman–Crippen LogP) is 1.54. The van der Waals surface area contributed by atoms with Gasteiger partial charge in [-0.3, -0.25) is 0 Å². The number of aliphatic imine (C=N–C) groups is 1. The number of nitrogens with one attached hydrogen (secondary N) is 1. The van der Waals surface area contributed by atoms with Crippen molar-refractivity contribution in [3.8, 4) is 5.69 Å². The minimum atomic E-state index is 0. The molecule has 0 bridgehead atoms. The predicted molar refractivity (Wildman–Crippen MR) is 94.2 cm³/mol. The molecule has 0 aliphatic carbocycles. The van der Waals surface area contributed by atoms with Crippen LogP contribution in [0.25, 0.3) is 5.69 Å². The number of halogens is 1. The van der Waals surface area contributed by atoms with Crippen molar-refractivity contribution in [3.05, 3.63) is 48.3 Å². The number of ether oxygens (including phenoxy) is 1. The monoisotopic (exact) mass is 401 g/mol. The number of rotatable bonds is 6. The molecule has 0 amide bonds. The van der Waals surface area contributed by atoms with Gasteiger partial charge in [0.1, 0.15) is 0 Å². The van der Waals surface area contributed by atoms with Crippen LogP contribution in [-0.2, 0) is 11.3 Å². The van der Waals surface area contributed by atoms with Crippen LogP contribution in [0.15, 0.2) is 47.7 Å². The van der Waals surface area contributed by atoms with Gasteiger partial charge in [-0.15, -0.1) is 24.0 Å². The fourth-order valence-electron chi connectivity index (χ4n) is 1.69. The Morgan fingerprint density at radius 2 is 2.14 bits per heavy atom. The van der Waals surface area contributed by atoms with E-state index in [9.17, 15) is 0 Å². The second-order valence-corrected chi connectivity index (χ2v) is 4.24. The van der Waals surface area contributed by atoms with Crippen LogP contribution in [0.4, 0.5) is 0 Å². The summed E-state index contributed by atoms with van der Waals surface area (Å²) in [4.78, 5) is 4.26. The Hall–Kier alpha value is -1.61. The molecule has 21 heavy (non-hydrogen) atoms. The molecule has 1 heterocycles. The van der Waals surface area contributed by atoms with Gasteiger partial charge < -0.3 is 15.8 Å². The number of methoxy groups -OCH3 is 1. The molecule has 0 aliphatic heterocycles. The fourth-order valence-corrected chi connectivity index (χ4v) is 1.69. The molecule has 3 N–H and O–H groups in total. The molecule has 7 heteroatoms. The molecule has 0 aliphatic rings. The number of guanidine groups is 1. The summed E-state index contributed by atoms with van der Waals surface area (Å²) < 4.78 is 6.74. The van der Waals surface area contributed by atoms with Crippen molar-refractivity contribution >= 4 is 29.9 Å². The Morgan fingerprint density at radius 1 is 1.38 bits per heavy atom. The van der Waals surface area contributed by atoms with Crippen LogP contribution in [0.5, 0.6) is 0 Å². The molecule has 0 radical (unpaired) electrons. The molecule has 0 saturated heterocycles. The summed E-state index contributed by atoms with van der Waals surface area (Å²) in [6, 6.07) is 9.94. The van der Waals surface area contributed by atoms with Crippen LogP contribution in [0.1, 0.15) is 5.56 Å². The van der Waals surface area contributed by atoms with Crippen molar-refractivity contribution in [3.63, 3.8) is 0 Å². The number of nitrogens with two attached hydrogens (primary N) is 1. The third-order valence-electron chi connectivity index (χ3n) is 2.75. The van der Waals surface area contributed by atoms with E-state index in [0.717, 1.165) is 11.3 Å². The first-order chi connectivity index (χ1) is 9.79. The Morgan fingerprint density at radius 3 is 2.76 bits per heavy atom. The van der Waals surface area contributed by atoms with E-state index >= 15 is 0 Å². The highest BCUT2D eigenvalue weighted by atomic mass is 127. The van der Waals surface area contributed by atoms with Gasteiger partial charge in [-0.25, -0.2) is 9.67 Å². The zero-order valence-corrected chi connectivity index (χ0v) is 14.2. The lowest BCUT2D eigenvalue weighted by Gasteiger charge is -2.05. The second kappa shape index (κ2) is 9.35. The average Bonchev–Trinajstić information content (AvgIpc) is 3.00. The molecular formula is C14H20IN5O. The number of hydrogen-bond donors (Lipinski definition) is 2. The third-order valence-corrected chi connectivity index (χ3v) is 2.75. The first-order valence-corrected chi connectivity index (χ1v) is 6.41. The summed E-state index contributed by atoms with van der Waals surface area (Å²) in [5, 5.41) is 7.16. The first-order valence-electron chi connectivity index (χ1n) is 6.41. The van der Waals surface area contributed by atoms with E-state index in [4.69, 9.17) is 10.5 Å². The molecule has 2 aromatic rings. The molecule has 6 nitrogen and oxygen atoms in total. The van der Waals surface area contributed by atoms with Gasteiger partial charge in [0.2, 0.25) is 0 Å². The van der Waals surface area contributed by atoms with E-state index in [0.29, 0.717) is 25.7 Å². The summed E-state index contributed by atoms with van der Waals surface area (Å²) in [5.74, 6) is 0.429. The van der Waals surface area contributed by atoms with Crippen molar-refractivity contribution in [1.82, 2.24) is 15.1 Å². The van der Waals surface area contributed by atoms with Gasteiger partial charge in [-0.2, -0.15) is 5.10 Å². The SMILES string of the molecule is COCCNC(N)=NCc1ccc(-n2cccn2)cc1.I. The summed E-state index contributed by atoms with van der Waals surface area (Å²) in [5.41, 5.74) is 7.86. The van der Waals surface area contributed by atoms with Gasteiger partial charge in [0.05, 0.1) is 18.8 Å². The number of benzene rings is 1. The van der Waals surface area contributed by atoms with Crippen LogP contribution in [0.3, 0.4) is 0 Å². The lowest BCUT2D eigenvalue weighted by molar-refractivity contribution is 0.204. The number of aromatic nitrogens is 2. The molecule has 0 unspecified atom stereocenters. The second-order valence-electron chi connectivity index (χ2n) is 4.24. The standard InChI is InChI=1S/C14H19N5O.HI/c1-20-10-8-16-14(15)17-11-12-3-5-13(6-4-12)19-9-2-7-18-19;/h2-7,9H,8,10-11H2,1H3,(H3,15,16,17);1H. The maximum absolute atomic E-state index is 5.74. The Bertz CT molecular complexity index is 539. The first kappa shape index (κ1) is 17.4.